The number of aliphatic hydroxyl groups excluding tert-OH is 1. The van der Waals surface area contributed by atoms with Gasteiger partial charge >= 0.3 is 0 Å². The molecule has 0 heterocycles. The lowest BCUT2D eigenvalue weighted by Gasteiger charge is -2.15. The summed E-state index contributed by atoms with van der Waals surface area (Å²) in [5.41, 5.74) is 1.81. The van der Waals surface area contributed by atoms with E-state index in [-0.39, 0.29) is 6.61 Å². The maximum absolute atomic E-state index is 10.3. The zero-order chi connectivity index (χ0) is 17.4. The van der Waals surface area contributed by atoms with Crippen LogP contribution in [0, 0.1) is 12.3 Å². The number of rotatable bonds is 8. The summed E-state index contributed by atoms with van der Waals surface area (Å²) in [5.74, 6) is 3.96. The second kappa shape index (κ2) is 9.33. The molecule has 0 amide bonds. The number of nitrogens with one attached hydrogen (secondary N) is 1. The molecule has 2 rings (SSSR count). The molecule has 0 fully saturated rings. The van der Waals surface area contributed by atoms with Crippen molar-refractivity contribution in [3.8, 4) is 23.8 Å². The van der Waals surface area contributed by atoms with E-state index in [0.717, 1.165) is 27.1 Å². The zero-order valence-electron chi connectivity index (χ0n) is 13.5. The number of hydrogen-bond donors (Lipinski definition) is 2. The van der Waals surface area contributed by atoms with Crippen LogP contribution in [0.25, 0.3) is 0 Å². The molecule has 0 aliphatic heterocycles. The maximum Gasteiger partial charge on any atom is 0.148 e. The highest BCUT2D eigenvalue weighted by Crippen LogP contribution is 2.23. The monoisotopic (exact) mass is 389 g/mol. The molecule has 0 saturated heterocycles. The first-order chi connectivity index (χ1) is 11.6. The number of halogens is 1. The molecule has 0 aliphatic rings. The normalized spacial score (nSPS) is 11.6. The Kier molecular flexibility index (Phi) is 7.13. The lowest BCUT2D eigenvalue weighted by Crippen LogP contribution is -2.21. The van der Waals surface area contributed by atoms with Gasteiger partial charge in [0.2, 0.25) is 0 Å². The van der Waals surface area contributed by atoms with Gasteiger partial charge in [0.15, 0.2) is 0 Å². The van der Waals surface area contributed by atoms with E-state index in [2.05, 4.69) is 27.2 Å². The molecule has 0 aromatic heterocycles. The summed E-state index contributed by atoms with van der Waals surface area (Å²) in [6.07, 6.45) is 4.64. The van der Waals surface area contributed by atoms with Gasteiger partial charge in [-0.2, -0.15) is 0 Å². The number of ether oxygens (including phenoxy) is 2. The second-order valence-electron chi connectivity index (χ2n) is 5.16. The Morgan fingerprint density at radius 2 is 2.00 bits per heavy atom. The van der Waals surface area contributed by atoms with Crippen molar-refractivity contribution in [1.82, 2.24) is 5.32 Å². The lowest BCUT2D eigenvalue weighted by molar-refractivity contribution is 0.174. The first-order valence-electron chi connectivity index (χ1n) is 7.51. The van der Waals surface area contributed by atoms with Crippen LogP contribution in [0.3, 0.4) is 0 Å². The predicted molar refractivity (Wildman–Crippen MR) is 98.1 cm³/mol. The minimum Gasteiger partial charge on any atom is -0.497 e. The Bertz CT molecular complexity index is 695. The van der Waals surface area contributed by atoms with E-state index in [0.29, 0.717) is 13.1 Å². The van der Waals surface area contributed by atoms with Crippen LogP contribution in [-0.4, -0.2) is 25.4 Å². The minimum absolute atomic E-state index is 0.225. The third-order valence-electron chi connectivity index (χ3n) is 3.49. The Hall–Kier alpha value is -2.00. The van der Waals surface area contributed by atoms with Gasteiger partial charge in [-0.1, -0.05) is 34.0 Å². The van der Waals surface area contributed by atoms with E-state index in [4.69, 9.17) is 15.9 Å². The molecule has 0 radical (unpaired) electrons. The van der Waals surface area contributed by atoms with Crippen LogP contribution < -0.4 is 14.8 Å². The van der Waals surface area contributed by atoms with E-state index >= 15 is 0 Å². The molecule has 2 N–H and O–H groups in total. The van der Waals surface area contributed by atoms with E-state index in [1.54, 1.807) is 7.11 Å². The fourth-order valence-electron chi connectivity index (χ4n) is 2.23. The number of methoxy groups -OCH3 is 1. The quantitative estimate of drug-likeness (QED) is 0.680. The van der Waals surface area contributed by atoms with E-state index < -0.39 is 6.10 Å². The van der Waals surface area contributed by atoms with Crippen LogP contribution in [0.4, 0.5) is 0 Å². The average molecular weight is 390 g/mol. The predicted octanol–water partition coefficient (Wildman–Crippen LogP) is 3.29. The van der Waals surface area contributed by atoms with Crippen molar-refractivity contribution < 1.29 is 14.6 Å². The van der Waals surface area contributed by atoms with Crippen LogP contribution in [0.1, 0.15) is 17.2 Å². The number of hydrogen-bond acceptors (Lipinski definition) is 4. The van der Waals surface area contributed by atoms with E-state index in [9.17, 15) is 5.11 Å². The first-order valence-corrected chi connectivity index (χ1v) is 8.30. The van der Waals surface area contributed by atoms with Gasteiger partial charge in [0.25, 0.3) is 0 Å². The van der Waals surface area contributed by atoms with Crippen LogP contribution >= 0.6 is 15.9 Å². The van der Waals surface area contributed by atoms with Crippen LogP contribution in [0.2, 0.25) is 0 Å². The van der Waals surface area contributed by atoms with Crippen LogP contribution in [-0.2, 0) is 6.54 Å². The molecular formula is C19H20BrNO3. The third kappa shape index (κ3) is 5.27. The van der Waals surface area contributed by atoms with Crippen molar-refractivity contribution in [2.45, 2.75) is 12.6 Å². The Balaban J connectivity index is 1.93. The summed E-state index contributed by atoms with van der Waals surface area (Å²) in [7, 11) is 1.62. The van der Waals surface area contributed by atoms with Gasteiger partial charge in [-0.05, 0) is 35.9 Å². The molecule has 0 spiro atoms. The fraction of sp³-hybridized carbons (Fsp3) is 0.263. The van der Waals surface area contributed by atoms with Gasteiger partial charge in [0.1, 0.15) is 18.1 Å². The summed E-state index contributed by atoms with van der Waals surface area (Å²) >= 11 is 3.45. The number of benzene rings is 2. The Labute approximate surface area is 150 Å². The van der Waals surface area contributed by atoms with Gasteiger partial charge < -0.3 is 19.9 Å². The molecule has 4 nitrogen and oxygen atoms in total. The SMILES string of the molecule is C#CCOc1ccc(Br)cc1CNCC(O)c1ccc(OC)cc1. The van der Waals surface area contributed by atoms with Gasteiger partial charge in [0.05, 0.1) is 13.2 Å². The molecule has 0 saturated carbocycles. The van der Waals surface area contributed by atoms with Gasteiger partial charge in [-0.15, -0.1) is 6.42 Å². The third-order valence-corrected chi connectivity index (χ3v) is 3.98. The largest absolute Gasteiger partial charge is 0.497 e. The molecule has 0 bridgehead atoms. The highest BCUT2D eigenvalue weighted by atomic mass is 79.9. The summed E-state index contributed by atoms with van der Waals surface area (Å²) in [5, 5.41) is 13.5. The summed E-state index contributed by atoms with van der Waals surface area (Å²) in [6.45, 7) is 1.21. The van der Waals surface area contributed by atoms with Gasteiger partial charge in [-0.25, -0.2) is 0 Å². The van der Waals surface area contributed by atoms with Crippen molar-refractivity contribution in [1.29, 1.82) is 0 Å². The number of aliphatic hydroxyl groups is 1. The first kappa shape index (κ1) is 18.3. The molecule has 0 aliphatic carbocycles. The number of terminal acetylenes is 1. The smallest absolute Gasteiger partial charge is 0.148 e. The maximum atomic E-state index is 10.3. The fourth-order valence-corrected chi connectivity index (χ4v) is 2.64. The second-order valence-corrected chi connectivity index (χ2v) is 6.08. The minimum atomic E-state index is -0.599. The molecule has 2 aromatic carbocycles. The van der Waals surface area contributed by atoms with Gasteiger partial charge in [-0.3, -0.25) is 0 Å². The summed E-state index contributed by atoms with van der Waals surface area (Å²) < 4.78 is 11.6. The standard InChI is InChI=1S/C19H20BrNO3/c1-3-10-24-19-9-6-16(20)11-15(19)12-21-13-18(22)14-4-7-17(23-2)8-5-14/h1,4-9,11,18,21-22H,10,12-13H2,2H3. The molecule has 5 heteroatoms. The van der Waals surface area contributed by atoms with Crippen LogP contribution in [0.5, 0.6) is 11.5 Å². The van der Waals surface area contributed by atoms with E-state index in [1.807, 2.05) is 42.5 Å². The Morgan fingerprint density at radius 3 is 2.67 bits per heavy atom. The van der Waals surface area contributed by atoms with Crippen LogP contribution in [0.15, 0.2) is 46.9 Å². The molecule has 2 aromatic rings. The molecular weight excluding hydrogens is 370 g/mol. The highest BCUT2D eigenvalue weighted by molar-refractivity contribution is 9.10. The van der Waals surface area contributed by atoms with Gasteiger partial charge in [0, 0.05) is 23.1 Å². The van der Waals surface area contributed by atoms with Crippen molar-refractivity contribution in [3.63, 3.8) is 0 Å². The molecule has 1 atom stereocenters. The zero-order valence-corrected chi connectivity index (χ0v) is 15.0. The van der Waals surface area contributed by atoms with Crippen molar-refractivity contribution in [2.75, 3.05) is 20.3 Å². The van der Waals surface area contributed by atoms with E-state index in [1.165, 1.54) is 0 Å². The topological polar surface area (TPSA) is 50.7 Å². The molecule has 24 heavy (non-hydrogen) atoms. The average Bonchev–Trinajstić information content (AvgIpc) is 2.61. The molecule has 126 valence electrons. The summed E-state index contributed by atoms with van der Waals surface area (Å²) in [6, 6.07) is 13.1. The molecule has 1 unspecified atom stereocenters. The lowest BCUT2D eigenvalue weighted by atomic mass is 10.1. The Morgan fingerprint density at radius 1 is 1.25 bits per heavy atom. The highest BCUT2D eigenvalue weighted by Gasteiger charge is 2.09. The van der Waals surface area contributed by atoms with Crippen molar-refractivity contribution >= 4 is 15.9 Å². The van der Waals surface area contributed by atoms with Crippen molar-refractivity contribution in [2.24, 2.45) is 0 Å². The summed E-state index contributed by atoms with van der Waals surface area (Å²) in [4.78, 5) is 0. The van der Waals surface area contributed by atoms with Crippen molar-refractivity contribution in [3.05, 3.63) is 58.1 Å².